The Kier molecular flexibility index (Phi) is 3.44. The van der Waals surface area contributed by atoms with E-state index in [0.29, 0.717) is 13.0 Å². The molecule has 0 saturated carbocycles. The molecule has 1 aliphatic rings. The van der Waals surface area contributed by atoms with Gasteiger partial charge in [-0.15, -0.1) is 0 Å². The maximum absolute atomic E-state index is 11.8. The summed E-state index contributed by atoms with van der Waals surface area (Å²) in [4.78, 5) is 13.1. The number of amides is 1. The topological polar surface area (TPSA) is 62.6 Å². The van der Waals surface area contributed by atoms with E-state index < -0.39 is 17.2 Å². The Bertz CT molecular complexity index is 308. The number of nitrogens with zero attached hydrogens (tertiary/aromatic N) is 2. The van der Waals surface area contributed by atoms with Crippen LogP contribution in [-0.2, 0) is 9.47 Å². The fourth-order valence-corrected chi connectivity index (χ4v) is 1.49. The van der Waals surface area contributed by atoms with Gasteiger partial charge in [0.05, 0.1) is 19.3 Å². The normalized spacial score (nSPS) is 24.9. The third-order valence-corrected chi connectivity index (χ3v) is 2.52. The third kappa shape index (κ3) is 2.64. The first-order valence-electron chi connectivity index (χ1n) is 5.26. The second-order valence-electron chi connectivity index (χ2n) is 4.99. The SMILES string of the molecule is CN(C(=O)OC(C)(C)C)C1(C#N)CCOC1. The molecule has 0 spiro atoms. The smallest absolute Gasteiger partial charge is 0.411 e. The van der Waals surface area contributed by atoms with E-state index >= 15 is 0 Å². The molecule has 0 aromatic heterocycles. The van der Waals surface area contributed by atoms with Gasteiger partial charge in [-0.3, -0.25) is 4.90 Å². The first kappa shape index (κ1) is 12.8. The van der Waals surface area contributed by atoms with Crippen LogP contribution in [0, 0.1) is 11.3 Å². The molecule has 5 heteroatoms. The average molecular weight is 226 g/mol. The highest BCUT2D eigenvalue weighted by Gasteiger charge is 2.43. The van der Waals surface area contributed by atoms with Crippen molar-refractivity contribution in [2.24, 2.45) is 0 Å². The van der Waals surface area contributed by atoms with Crippen LogP contribution in [0.3, 0.4) is 0 Å². The first-order valence-corrected chi connectivity index (χ1v) is 5.26. The second kappa shape index (κ2) is 4.30. The van der Waals surface area contributed by atoms with E-state index in [9.17, 15) is 4.79 Å². The van der Waals surface area contributed by atoms with Crippen molar-refractivity contribution in [3.8, 4) is 6.07 Å². The van der Waals surface area contributed by atoms with Crippen LogP contribution in [0.5, 0.6) is 0 Å². The molecule has 1 atom stereocenters. The second-order valence-corrected chi connectivity index (χ2v) is 4.99. The largest absolute Gasteiger partial charge is 0.444 e. The summed E-state index contributed by atoms with van der Waals surface area (Å²) < 4.78 is 10.4. The van der Waals surface area contributed by atoms with E-state index in [0.717, 1.165) is 0 Å². The molecule has 90 valence electrons. The van der Waals surface area contributed by atoms with Crippen LogP contribution in [0.15, 0.2) is 0 Å². The van der Waals surface area contributed by atoms with Gasteiger partial charge < -0.3 is 9.47 Å². The molecule has 1 rings (SSSR count). The van der Waals surface area contributed by atoms with Gasteiger partial charge in [0.1, 0.15) is 5.60 Å². The Labute approximate surface area is 95.9 Å². The summed E-state index contributed by atoms with van der Waals surface area (Å²) >= 11 is 0. The molecule has 0 aromatic carbocycles. The van der Waals surface area contributed by atoms with Crippen molar-refractivity contribution in [3.63, 3.8) is 0 Å². The minimum atomic E-state index is -0.873. The van der Waals surface area contributed by atoms with Crippen LogP contribution in [0.25, 0.3) is 0 Å². The van der Waals surface area contributed by atoms with Crippen molar-refractivity contribution in [3.05, 3.63) is 0 Å². The molecule has 0 bridgehead atoms. The molecule has 1 amide bonds. The summed E-state index contributed by atoms with van der Waals surface area (Å²) in [5, 5.41) is 9.15. The van der Waals surface area contributed by atoms with Crippen LogP contribution in [0.2, 0.25) is 0 Å². The van der Waals surface area contributed by atoms with E-state index in [4.69, 9.17) is 14.7 Å². The molecule has 0 aliphatic carbocycles. The van der Waals surface area contributed by atoms with Gasteiger partial charge >= 0.3 is 6.09 Å². The lowest BCUT2D eigenvalue weighted by atomic mass is 9.99. The van der Waals surface area contributed by atoms with E-state index in [1.165, 1.54) is 4.90 Å². The average Bonchev–Trinajstić information content (AvgIpc) is 2.63. The monoisotopic (exact) mass is 226 g/mol. The molecule has 1 fully saturated rings. The van der Waals surface area contributed by atoms with Crippen molar-refractivity contribution in [2.75, 3.05) is 20.3 Å². The van der Waals surface area contributed by atoms with Crippen LogP contribution in [-0.4, -0.2) is 42.4 Å². The predicted molar refractivity (Wildman–Crippen MR) is 57.8 cm³/mol. The zero-order valence-corrected chi connectivity index (χ0v) is 10.2. The van der Waals surface area contributed by atoms with Crippen molar-refractivity contribution < 1.29 is 14.3 Å². The summed E-state index contributed by atoms with van der Waals surface area (Å²) in [7, 11) is 1.58. The van der Waals surface area contributed by atoms with Crippen molar-refractivity contribution in [1.29, 1.82) is 5.26 Å². The lowest BCUT2D eigenvalue weighted by Crippen LogP contribution is -2.50. The van der Waals surface area contributed by atoms with E-state index in [-0.39, 0.29) is 6.61 Å². The molecular weight excluding hydrogens is 208 g/mol. The van der Waals surface area contributed by atoms with Gasteiger partial charge in [0, 0.05) is 13.5 Å². The molecule has 5 nitrogen and oxygen atoms in total. The number of ether oxygens (including phenoxy) is 2. The highest BCUT2D eigenvalue weighted by Crippen LogP contribution is 2.25. The number of carbonyl (C=O) groups excluding carboxylic acids is 1. The molecule has 16 heavy (non-hydrogen) atoms. The zero-order chi connectivity index (χ0) is 12.4. The van der Waals surface area contributed by atoms with Gasteiger partial charge in [-0.1, -0.05) is 0 Å². The Morgan fingerprint density at radius 2 is 2.19 bits per heavy atom. The minimum Gasteiger partial charge on any atom is -0.444 e. The number of carbonyl (C=O) groups is 1. The molecular formula is C11H18N2O3. The summed E-state index contributed by atoms with van der Waals surface area (Å²) in [5.41, 5.74) is -1.43. The lowest BCUT2D eigenvalue weighted by molar-refractivity contribution is 0.0122. The van der Waals surface area contributed by atoms with Gasteiger partial charge in [-0.05, 0) is 20.8 Å². The number of hydrogen-bond donors (Lipinski definition) is 0. The van der Waals surface area contributed by atoms with Gasteiger partial charge in [0.15, 0.2) is 5.54 Å². The molecule has 0 aromatic rings. The minimum absolute atomic E-state index is 0.249. The van der Waals surface area contributed by atoms with E-state index in [1.807, 2.05) is 0 Å². The lowest BCUT2D eigenvalue weighted by Gasteiger charge is -2.32. The van der Waals surface area contributed by atoms with Crippen LogP contribution in [0.4, 0.5) is 4.79 Å². The van der Waals surface area contributed by atoms with Gasteiger partial charge in [0.25, 0.3) is 0 Å². The van der Waals surface area contributed by atoms with E-state index in [1.54, 1.807) is 27.8 Å². The summed E-state index contributed by atoms with van der Waals surface area (Å²) in [6, 6.07) is 2.14. The molecule has 1 unspecified atom stereocenters. The summed E-state index contributed by atoms with van der Waals surface area (Å²) in [6.45, 7) is 6.13. The fourth-order valence-electron chi connectivity index (χ4n) is 1.49. The van der Waals surface area contributed by atoms with E-state index in [2.05, 4.69) is 6.07 Å². The van der Waals surface area contributed by atoms with Gasteiger partial charge in [0.2, 0.25) is 0 Å². The quantitative estimate of drug-likeness (QED) is 0.680. The molecule has 1 aliphatic heterocycles. The Morgan fingerprint density at radius 3 is 2.56 bits per heavy atom. The molecule has 0 radical (unpaired) electrons. The predicted octanol–water partition coefficient (Wildman–Crippen LogP) is 1.54. The Morgan fingerprint density at radius 1 is 1.56 bits per heavy atom. The first-order chi connectivity index (χ1) is 7.31. The number of likely N-dealkylation sites (N-methyl/N-ethyl adjacent to an activating group) is 1. The van der Waals surface area contributed by atoms with Crippen molar-refractivity contribution >= 4 is 6.09 Å². The standard InChI is InChI=1S/C11H18N2O3/c1-10(2,3)16-9(14)13(4)11(7-12)5-6-15-8-11/h5-6,8H2,1-4H3. The number of hydrogen-bond acceptors (Lipinski definition) is 4. The Balaban J connectivity index is 2.73. The highest BCUT2D eigenvalue weighted by atomic mass is 16.6. The van der Waals surface area contributed by atoms with Crippen LogP contribution in [0.1, 0.15) is 27.2 Å². The van der Waals surface area contributed by atoms with Crippen LogP contribution < -0.4 is 0 Å². The highest BCUT2D eigenvalue weighted by molar-refractivity contribution is 5.69. The maximum atomic E-state index is 11.8. The summed E-state index contributed by atoms with van der Waals surface area (Å²) in [6.07, 6.45) is 0.0405. The Hall–Kier alpha value is -1.28. The van der Waals surface area contributed by atoms with Crippen molar-refractivity contribution in [1.82, 2.24) is 4.90 Å². The molecule has 0 N–H and O–H groups in total. The number of nitriles is 1. The molecule has 1 saturated heterocycles. The maximum Gasteiger partial charge on any atom is 0.411 e. The number of rotatable bonds is 1. The van der Waals surface area contributed by atoms with Crippen LogP contribution >= 0.6 is 0 Å². The zero-order valence-electron chi connectivity index (χ0n) is 10.2. The van der Waals surface area contributed by atoms with Gasteiger partial charge in [-0.25, -0.2) is 4.79 Å². The van der Waals surface area contributed by atoms with Crippen molar-refractivity contribution in [2.45, 2.75) is 38.3 Å². The van der Waals surface area contributed by atoms with Gasteiger partial charge in [-0.2, -0.15) is 5.26 Å². The molecule has 1 heterocycles. The summed E-state index contributed by atoms with van der Waals surface area (Å²) in [5.74, 6) is 0. The fraction of sp³-hybridized carbons (Fsp3) is 0.818. The third-order valence-electron chi connectivity index (χ3n) is 2.52.